The molecule has 10 heteroatoms. The van der Waals surface area contributed by atoms with Crippen LogP contribution in [-0.4, -0.2) is 27.6 Å². The van der Waals surface area contributed by atoms with Gasteiger partial charge in [0.05, 0.1) is 6.61 Å². The zero-order chi connectivity index (χ0) is 12.7. The molecular formula is C5H6F6O3S. The van der Waals surface area contributed by atoms with Crippen LogP contribution in [0.2, 0.25) is 0 Å². The van der Waals surface area contributed by atoms with Crippen molar-refractivity contribution in [2.75, 3.05) is 6.61 Å². The molecule has 15 heavy (non-hydrogen) atoms. The highest BCUT2D eigenvalue weighted by atomic mass is 32.3. The van der Waals surface area contributed by atoms with Gasteiger partial charge in [-0.25, -0.2) is 4.39 Å². The molecule has 0 heterocycles. The lowest BCUT2D eigenvalue weighted by Gasteiger charge is -2.10. The van der Waals surface area contributed by atoms with Crippen molar-refractivity contribution in [1.29, 1.82) is 0 Å². The predicted octanol–water partition coefficient (Wildman–Crippen LogP) is 2.22. The van der Waals surface area contributed by atoms with Gasteiger partial charge in [0.25, 0.3) is 6.36 Å². The summed E-state index contributed by atoms with van der Waals surface area (Å²) in [4.78, 5) is 0. The van der Waals surface area contributed by atoms with E-state index in [4.69, 9.17) is 8.42 Å². The SMILES string of the molecule is C=CCOC(F)C(F)(F)F.O=S(=O)(F)F. The quantitative estimate of drug-likeness (QED) is 0.444. The van der Waals surface area contributed by atoms with Crippen molar-refractivity contribution >= 4 is 10.6 Å². The molecule has 0 bridgehead atoms. The van der Waals surface area contributed by atoms with Crippen LogP contribution in [0.1, 0.15) is 0 Å². The molecule has 0 aromatic carbocycles. The number of alkyl halides is 4. The zero-order valence-corrected chi connectivity index (χ0v) is 7.79. The average molecular weight is 260 g/mol. The van der Waals surface area contributed by atoms with Gasteiger partial charge in [0.1, 0.15) is 0 Å². The van der Waals surface area contributed by atoms with Gasteiger partial charge in [-0.05, 0) is 0 Å². The van der Waals surface area contributed by atoms with E-state index in [2.05, 4.69) is 11.3 Å². The zero-order valence-electron chi connectivity index (χ0n) is 6.97. The Balaban J connectivity index is 0. The third kappa shape index (κ3) is 19.6. The van der Waals surface area contributed by atoms with Gasteiger partial charge in [0, 0.05) is 0 Å². The van der Waals surface area contributed by atoms with Crippen molar-refractivity contribution in [1.82, 2.24) is 0 Å². The van der Waals surface area contributed by atoms with Gasteiger partial charge in [-0.2, -0.15) is 21.6 Å². The normalized spacial score (nSPS) is 13.7. The molecule has 0 radical (unpaired) electrons. The first kappa shape index (κ1) is 16.7. The van der Waals surface area contributed by atoms with E-state index < -0.39 is 29.8 Å². The first-order valence-electron chi connectivity index (χ1n) is 3.06. The third-order valence-electron chi connectivity index (χ3n) is 0.618. The molecule has 0 aromatic heterocycles. The summed E-state index contributed by atoms with van der Waals surface area (Å²) >= 11 is 0. The van der Waals surface area contributed by atoms with E-state index in [0.717, 1.165) is 6.08 Å². The van der Waals surface area contributed by atoms with Gasteiger partial charge in [0.2, 0.25) is 0 Å². The molecule has 0 N–H and O–H groups in total. The molecule has 0 aliphatic rings. The third-order valence-corrected chi connectivity index (χ3v) is 0.618. The summed E-state index contributed by atoms with van der Waals surface area (Å²) < 4.78 is 85.6. The van der Waals surface area contributed by atoms with Crippen LogP contribution in [0.15, 0.2) is 12.7 Å². The Morgan fingerprint density at radius 2 is 1.67 bits per heavy atom. The van der Waals surface area contributed by atoms with E-state index in [-0.39, 0.29) is 0 Å². The van der Waals surface area contributed by atoms with E-state index in [0.29, 0.717) is 0 Å². The highest BCUT2D eigenvalue weighted by Gasteiger charge is 2.40. The summed E-state index contributed by atoms with van der Waals surface area (Å²) in [5, 5.41) is 0. The first-order valence-corrected chi connectivity index (χ1v) is 4.34. The molecule has 0 saturated heterocycles. The second-order valence-corrected chi connectivity index (χ2v) is 2.61. The van der Waals surface area contributed by atoms with Gasteiger partial charge >= 0.3 is 16.8 Å². The van der Waals surface area contributed by atoms with Crippen molar-refractivity contribution in [2.45, 2.75) is 12.5 Å². The molecule has 92 valence electrons. The van der Waals surface area contributed by atoms with Crippen LogP contribution in [0.5, 0.6) is 0 Å². The van der Waals surface area contributed by atoms with Crippen LogP contribution in [0.25, 0.3) is 0 Å². The highest BCUT2D eigenvalue weighted by Crippen LogP contribution is 2.23. The molecule has 0 aliphatic heterocycles. The summed E-state index contributed by atoms with van der Waals surface area (Å²) in [6.45, 7) is 2.61. The van der Waals surface area contributed by atoms with Crippen LogP contribution in [0.4, 0.5) is 25.3 Å². The molecule has 0 amide bonds. The molecular weight excluding hydrogens is 254 g/mol. The van der Waals surface area contributed by atoms with Gasteiger partial charge in [0.15, 0.2) is 0 Å². The largest absolute Gasteiger partial charge is 0.476 e. The Kier molecular flexibility index (Phi) is 7.40. The van der Waals surface area contributed by atoms with Crippen LogP contribution < -0.4 is 0 Å². The van der Waals surface area contributed by atoms with Crippen molar-refractivity contribution in [3.05, 3.63) is 12.7 Å². The topological polar surface area (TPSA) is 43.4 Å². The molecule has 3 nitrogen and oxygen atoms in total. The van der Waals surface area contributed by atoms with Crippen LogP contribution in [0, 0.1) is 0 Å². The second-order valence-electron chi connectivity index (χ2n) is 1.86. The maximum atomic E-state index is 11.7. The Bertz CT molecular complexity index is 263. The number of ether oxygens (including phenoxy) is 1. The lowest BCUT2D eigenvalue weighted by molar-refractivity contribution is -0.261. The lowest BCUT2D eigenvalue weighted by Crippen LogP contribution is -2.27. The van der Waals surface area contributed by atoms with E-state index in [1.54, 1.807) is 0 Å². The summed E-state index contributed by atoms with van der Waals surface area (Å²) in [5.41, 5.74) is 0. The lowest BCUT2D eigenvalue weighted by atomic mass is 10.6. The summed E-state index contributed by atoms with van der Waals surface area (Å²) in [5.74, 6) is 0. The Labute approximate surface area is 81.8 Å². The van der Waals surface area contributed by atoms with Crippen molar-refractivity contribution in [2.24, 2.45) is 0 Å². The van der Waals surface area contributed by atoms with E-state index in [1.165, 1.54) is 0 Å². The number of rotatable bonds is 3. The average Bonchev–Trinajstić information content (AvgIpc) is 1.94. The molecule has 0 aromatic rings. The van der Waals surface area contributed by atoms with Crippen LogP contribution in [-0.2, 0) is 15.3 Å². The van der Waals surface area contributed by atoms with Crippen LogP contribution in [0.3, 0.4) is 0 Å². The van der Waals surface area contributed by atoms with Gasteiger partial charge in [-0.1, -0.05) is 13.8 Å². The predicted molar refractivity (Wildman–Crippen MR) is 38.2 cm³/mol. The molecule has 0 rings (SSSR count). The molecule has 0 fully saturated rings. The minimum Gasteiger partial charge on any atom is -0.337 e. The minimum absolute atomic E-state index is 0.444. The molecule has 0 spiro atoms. The Morgan fingerprint density at radius 1 is 1.33 bits per heavy atom. The fourth-order valence-electron chi connectivity index (χ4n) is 0.247. The standard InChI is InChI=1S/C5H6F4O.F2O2S/c1-2-3-10-4(6)5(7,8)9;1-5(2,3)4/h2,4H,1,3H2;. The fourth-order valence-corrected chi connectivity index (χ4v) is 0.247. The maximum Gasteiger partial charge on any atom is 0.476 e. The summed E-state index contributed by atoms with van der Waals surface area (Å²) in [6, 6.07) is 0. The Hall–Kier alpha value is -0.770. The van der Waals surface area contributed by atoms with Crippen molar-refractivity contribution < 1.29 is 38.5 Å². The van der Waals surface area contributed by atoms with Crippen LogP contribution >= 0.6 is 0 Å². The summed E-state index contributed by atoms with van der Waals surface area (Å²) in [6.07, 6.45) is -7.09. The van der Waals surface area contributed by atoms with Gasteiger partial charge in [-0.15, -0.1) is 6.58 Å². The maximum absolute atomic E-state index is 11.7. The van der Waals surface area contributed by atoms with Crippen molar-refractivity contribution in [3.63, 3.8) is 0 Å². The van der Waals surface area contributed by atoms with E-state index in [1.807, 2.05) is 0 Å². The van der Waals surface area contributed by atoms with E-state index >= 15 is 0 Å². The molecule has 0 saturated carbocycles. The Morgan fingerprint density at radius 3 is 1.87 bits per heavy atom. The van der Waals surface area contributed by atoms with E-state index in [9.17, 15) is 25.3 Å². The molecule has 0 aliphatic carbocycles. The first-order chi connectivity index (χ1) is 6.48. The summed E-state index contributed by atoms with van der Waals surface area (Å²) in [7, 11) is -5.67. The smallest absolute Gasteiger partial charge is 0.337 e. The second kappa shape index (κ2) is 6.67. The molecule has 1 unspecified atom stereocenters. The number of hydrogen-bond donors (Lipinski definition) is 0. The van der Waals surface area contributed by atoms with Gasteiger partial charge < -0.3 is 4.74 Å². The number of hydrogen-bond acceptors (Lipinski definition) is 3. The number of halogens is 6. The monoisotopic (exact) mass is 260 g/mol. The minimum atomic E-state index is -5.67. The van der Waals surface area contributed by atoms with Crippen molar-refractivity contribution in [3.8, 4) is 0 Å². The fraction of sp³-hybridized carbons (Fsp3) is 0.600. The van der Waals surface area contributed by atoms with Gasteiger partial charge in [-0.3, -0.25) is 0 Å². The highest BCUT2D eigenvalue weighted by molar-refractivity contribution is 7.81. The molecule has 1 atom stereocenters.